The van der Waals surface area contributed by atoms with Crippen molar-refractivity contribution in [2.75, 3.05) is 0 Å². The van der Waals surface area contributed by atoms with Crippen LogP contribution in [0.1, 0.15) is 58.3 Å². The van der Waals surface area contributed by atoms with Gasteiger partial charge < -0.3 is 4.74 Å². The molecule has 6 heteroatoms. The van der Waals surface area contributed by atoms with Crippen LogP contribution in [-0.4, -0.2) is 25.9 Å². The summed E-state index contributed by atoms with van der Waals surface area (Å²) in [4.78, 5) is 24.9. The van der Waals surface area contributed by atoms with Crippen LogP contribution in [0.15, 0.2) is 4.79 Å². The first-order chi connectivity index (χ1) is 9.85. The Bertz CT molecular complexity index is 605. The Morgan fingerprint density at radius 2 is 2.05 bits per heavy atom. The number of carbonyl (C=O) groups excluding carboxylic acids is 1. The summed E-state index contributed by atoms with van der Waals surface area (Å²) in [5.74, 6) is 0.985. The third kappa shape index (κ3) is 3.04. The number of hydrogen-bond acceptors (Lipinski definition) is 4. The summed E-state index contributed by atoms with van der Waals surface area (Å²) >= 11 is 0. The second-order valence-electron chi connectivity index (χ2n) is 7.14. The number of esters is 1. The highest BCUT2D eigenvalue weighted by Crippen LogP contribution is 2.30. The predicted molar refractivity (Wildman–Crippen MR) is 77.0 cm³/mol. The van der Waals surface area contributed by atoms with E-state index in [0.717, 1.165) is 18.7 Å². The summed E-state index contributed by atoms with van der Waals surface area (Å²) in [6, 6.07) is -0.520. The number of hydrogen-bond donors (Lipinski definition) is 0. The molecule has 1 atom stereocenters. The quantitative estimate of drug-likeness (QED) is 0.795. The van der Waals surface area contributed by atoms with Crippen molar-refractivity contribution in [2.24, 2.45) is 5.92 Å². The average molecular weight is 293 g/mol. The molecule has 1 saturated carbocycles. The predicted octanol–water partition coefficient (Wildman–Crippen LogP) is 1.67. The molecule has 0 amide bonds. The second kappa shape index (κ2) is 5.00. The molecule has 116 valence electrons. The van der Waals surface area contributed by atoms with E-state index in [1.54, 1.807) is 4.57 Å². The van der Waals surface area contributed by atoms with Crippen LogP contribution >= 0.6 is 0 Å². The van der Waals surface area contributed by atoms with E-state index in [0.29, 0.717) is 18.9 Å². The fraction of sp³-hybridized carbons (Fsp3) is 0.800. The Balaban J connectivity index is 1.88. The Hall–Kier alpha value is -1.59. The molecule has 1 aromatic heterocycles. The smallest absolute Gasteiger partial charge is 0.346 e. The second-order valence-corrected chi connectivity index (χ2v) is 7.14. The van der Waals surface area contributed by atoms with Crippen molar-refractivity contribution >= 4 is 5.97 Å². The molecule has 1 aliphatic carbocycles. The molecule has 6 nitrogen and oxygen atoms in total. The minimum atomic E-state index is -0.539. The number of ether oxygens (including phenoxy) is 1. The van der Waals surface area contributed by atoms with Gasteiger partial charge in [-0.3, -0.25) is 4.57 Å². The zero-order valence-corrected chi connectivity index (χ0v) is 13.0. The van der Waals surface area contributed by atoms with Gasteiger partial charge in [0.1, 0.15) is 17.5 Å². The minimum Gasteiger partial charge on any atom is -0.458 e. The molecule has 1 aliphatic heterocycles. The van der Waals surface area contributed by atoms with E-state index in [9.17, 15) is 9.59 Å². The van der Waals surface area contributed by atoms with Crippen LogP contribution in [-0.2, 0) is 22.5 Å². The average Bonchev–Trinajstić information content (AvgIpc) is 3.13. The van der Waals surface area contributed by atoms with Crippen LogP contribution in [0.2, 0.25) is 0 Å². The first-order valence-corrected chi connectivity index (χ1v) is 7.76. The Morgan fingerprint density at radius 3 is 2.67 bits per heavy atom. The molecule has 0 bridgehead atoms. The van der Waals surface area contributed by atoms with Crippen molar-refractivity contribution in [1.29, 1.82) is 0 Å². The highest BCUT2D eigenvalue weighted by atomic mass is 16.6. The number of nitrogens with zero attached hydrogens (tertiary/aromatic N) is 3. The van der Waals surface area contributed by atoms with Crippen molar-refractivity contribution in [3.05, 3.63) is 16.3 Å². The molecule has 0 radical (unpaired) electrons. The standard InChI is InChI=1S/C15H23N3O3/c1-15(2,3)21-13(19)11-5-4-6-12-16-17(9-10-7-8-10)14(20)18(11)12/h10-11H,4-9H2,1-3H3/t11-/m0/s1. The van der Waals surface area contributed by atoms with Crippen LogP contribution in [0.3, 0.4) is 0 Å². The summed E-state index contributed by atoms with van der Waals surface area (Å²) < 4.78 is 8.55. The number of aryl methyl sites for hydroxylation is 1. The molecule has 0 spiro atoms. The molecular formula is C15H23N3O3. The van der Waals surface area contributed by atoms with E-state index in [-0.39, 0.29) is 11.7 Å². The maximum Gasteiger partial charge on any atom is 0.346 e. The van der Waals surface area contributed by atoms with Gasteiger partial charge in [-0.2, -0.15) is 5.10 Å². The highest BCUT2D eigenvalue weighted by molar-refractivity contribution is 5.74. The summed E-state index contributed by atoms with van der Waals surface area (Å²) in [6.07, 6.45) is 4.61. The van der Waals surface area contributed by atoms with Crippen molar-refractivity contribution in [1.82, 2.24) is 14.3 Å². The van der Waals surface area contributed by atoms with Crippen LogP contribution in [0.5, 0.6) is 0 Å². The van der Waals surface area contributed by atoms with Gasteiger partial charge in [0.05, 0.1) is 0 Å². The van der Waals surface area contributed by atoms with Crippen LogP contribution in [0, 0.1) is 5.92 Å². The van der Waals surface area contributed by atoms with E-state index in [2.05, 4.69) is 5.10 Å². The molecule has 2 aliphatic rings. The lowest BCUT2D eigenvalue weighted by atomic mass is 10.0. The van der Waals surface area contributed by atoms with Gasteiger partial charge in [-0.05, 0) is 52.4 Å². The molecule has 0 aromatic carbocycles. The maximum atomic E-state index is 12.5. The van der Waals surface area contributed by atoms with Crippen molar-refractivity contribution in [2.45, 2.75) is 71.1 Å². The number of aromatic nitrogens is 3. The normalized spacial score (nSPS) is 22.0. The molecular weight excluding hydrogens is 270 g/mol. The fourth-order valence-electron chi connectivity index (χ4n) is 2.79. The van der Waals surface area contributed by atoms with Gasteiger partial charge in [0, 0.05) is 13.0 Å². The van der Waals surface area contributed by atoms with Gasteiger partial charge in [0.15, 0.2) is 0 Å². The lowest BCUT2D eigenvalue weighted by molar-refractivity contribution is -0.159. The summed E-state index contributed by atoms with van der Waals surface area (Å²) in [5, 5.41) is 4.42. The first-order valence-electron chi connectivity index (χ1n) is 7.76. The van der Waals surface area contributed by atoms with E-state index >= 15 is 0 Å². The van der Waals surface area contributed by atoms with Crippen LogP contribution in [0.4, 0.5) is 0 Å². The van der Waals surface area contributed by atoms with E-state index in [1.807, 2.05) is 20.8 Å². The summed E-state index contributed by atoms with van der Waals surface area (Å²) in [5.41, 5.74) is -0.699. The molecule has 3 rings (SSSR count). The zero-order valence-electron chi connectivity index (χ0n) is 13.0. The SMILES string of the molecule is CC(C)(C)OC(=O)[C@@H]1CCCc2nn(CC3CC3)c(=O)n21. The molecule has 0 saturated heterocycles. The zero-order chi connectivity index (χ0) is 15.2. The molecule has 1 aromatic rings. The van der Waals surface area contributed by atoms with Crippen molar-refractivity contribution < 1.29 is 9.53 Å². The van der Waals surface area contributed by atoms with E-state index in [4.69, 9.17) is 4.74 Å². The Labute approximate surface area is 124 Å². The number of rotatable bonds is 3. The topological polar surface area (TPSA) is 66.1 Å². The van der Waals surface area contributed by atoms with Gasteiger partial charge >= 0.3 is 11.7 Å². The van der Waals surface area contributed by atoms with E-state index < -0.39 is 11.6 Å². The Kier molecular flexibility index (Phi) is 3.42. The fourth-order valence-corrected chi connectivity index (χ4v) is 2.79. The number of fused-ring (bicyclic) bond motifs is 1. The van der Waals surface area contributed by atoms with Crippen molar-refractivity contribution in [3.63, 3.8) is 0 Å². The maximum absolute atomic E-state index is 12.5. The first kappa shape index (κ1) is 14.4. The molecule has 0 N–H and O–H groups in total. The van der Waals surface area contributed by atoms with Gasteiger partial charge in [0.2, 0.25) is 0 Å². The third-order valence-corrected chi connectivity index (χ3v) is 3.94. The Morgan fingerprint density at radius 1 is 1.33 bits per heavy atom. The molecule has 0 unspecified atom stereocenters. The monoisotopic (exact) mass is 293 g/mol. The lowest BCUT2D eigenvalue weighted by Gasteiger charge is -2.26. The van der Waals surface area contributed by atoms with Gasteiger partial charge in [-0.15, -0.1) is 0 Å². The largest absolute Gasteiger partial charge is 0.458 e. The number of carbonyl (C=O) groups is 1. The minimum absolute atomic E-state index is 0.160. The summed E-state index contributed by atoms with van der Waals surface area (Å²) in [7, 11) is 0. The third-order valence-electron chi connectivity index (χ3n) is 3.94. The lowest BCUT2D eigenvalue weighted by Crippen LogP contribution is -2.38. The molecule has 1 fully saturated rings. The molecule has 2 heterocycles. The molecule has 21 heavy (non-hydrogen) atoms. The van der Waals surface area contributed by atoms with Crippen LogP contribution < -0.4 is 5.69 Å². The van der Waals surface area contributed by atoms with Gasteiger partial charge in [-0.25, -0.2) is 14.3 Å². The highest BCUT2D eigenvalue weighted by Gasteiger charge is 2.34. The van der Waals surface area contributed by atoms with Gasteiger partial charge in [0.25, 0.3) is 0 Å². The van der Waals surface area contributed by atoms with Crippen LogP contribution in [0.25, 0.3) is 0 Å². The summed E-state index contributed by atoms with van der Waals surface area (Å²) in [6.45, 7) is 6.20. The van der Waals surface area contributed by atoms with E-state index in [1.165, 1.54) is 17.5 Å². The van der Waals surface area contributed by atoms with Gasteiger partial charge in [-0.1, -0.05) is 0 Å². The van der Waals surface area contributed by atoms with Crippen molar-refractivity contribution in [3.8, 4) is 0 Å².